The molecule has 18 heteroatoms. The Bertz CT molecular complexity index is 3250. The molecule has 0 aromatic heterocycles. The highest BCUT2D eigenvalue weighted by Gasteiger charge is 2.44. The van der Waals surface area contributed by atoms with Crippen molar-refractivity contribution in [1.29, 1.82) is 42.1 Å². The Labute approximate surface area is 366 Å². The number of hydrogen-bond donors (Lipinski definition) is 0. The first-order chi connectivity index (χ1) is 31.4. The van der Waals surface area contributed by atoms with Gasteiger partial charge in [-0.25, -0.2) is 8.78 Å². The molecule has 7 rings (SSSR count). The second-order valence-electron chi connectivity index (χ2n) is 13.8. The van der Waals surface area contributed by atoms with E-state index in [1.165, 1.54) is 0 Å². The standard InChI is InChI=1S/C48H14F8N8O2/c49-45-35(21-63)39-37(27-1-5-31(6-2-27)65-47(51,52)53)40-36(22-64)46(50)42(34(20-62)30-13-25(17-59)10-26(14-30)18-60)44(40)38(28-3-7-32(8-4-28)66-48(54,55)56)43(39)41(45)33(19-61)29-11-23(15-57)9-24(12-29)16-58/h1-14H/b41-33-,42-34-. The maximum Gasteiger partial charge on any atom is 0.573 e. The van der Waals surface area contributed by atoms with Gasteiger partial charge in [-0.2, -0.15) is 42.1 Å². The maximum absolute atomic E-state index is 17.6. The second-order valence-corrected chi connectivity index (χ2v) is 13.8. The first-order valence-corrected chi connectivity index (χ1v) is 18.2. The lowest BCUT2D eigenvalue weighted by molar-refractivity contribution is -0.275. The molecular weight excluding hydrogens is 873 g/mol. The summed E-state index contributed by atoms with van der Waals surface area (Å²) >= 11 is 0. The molecule has 0 saturated heterocycles. The molecule has 0 radical (unpaired) electrons. The van der Waals surface area contributed by atoms with Crippen LogP contribution in [-0.2, 0) is 0 Å². The summed E-state index contributed by atoms with van der Waals surface area (Å²) < 4.78 is 123. The molecular formula is C48H14F8N8O2. The van der Waals surface area contributed by atoms with E-state index < -0.39 is 103 Å². The molecule has 0 atom stereocenters. The number of alkyl halides is 6. The molecule has 2 aliphatic rings. The lowest BCUT2D eigenvalue weighted by Crippen LogP contribution is -2.17. The van der Waals surface area contributed by atoms with E-state index in [1.54, 1.807) is 12.1 Å². The van der Waals surface area contributed by atoms with E-state index in [-0.39, 0.29) is 44.5 Å². The van der Waals surface area contributed by atoms with E-state index in [0.717, 1.165) is 84.9 Å². The van der Waals surface area contributed by atoms with Gasteiger partial charge in [-0.05, 0) is 88.5 Å². The average Bonchev–Trinajstić information content (AvgIpc) is 3.74. The van der Waals surface area contributed by atoms with Crippen LogP contribution in [0.5, 0.6) is 11.5 Å². The van der Waals surface area contributed by atoms with Crippen molar-refractivity contribution >= 4 is 33.4 Å². The van der Waals surface area contributed by atoms with Crippen molar-refractivity contribution in [2.75, 3.05) is 0 Å². The monoisotopic (exact) mass is 886 g/mol. The van der Waals surface area contributed by atoms with Crippen LogP contribution in [0.4, 0.5) is 35.1 Å². The van der Waals surface area contributed by atoms with Gasteiger partial charge in [0.1, 0.15) is 35.8 Å². The van der Waals surface area contributed by atoms with Crippen LogP contribution in [0, 0.1) is 90.6 Å². The zero-order chi connectivity index (χ0) is 47.8. The van der Waals surface area contributed by atoms with Gasteiger partial charge < -0.3 is 9.47 Å². The summed E-state index contributed by atoms with van der Waals surface area (Å²) in [5.41, 5.74) is -9.32. The molecule has 5 aromatic carbocycles. The lowest BCUT2D eigenvalue weighted by atomic mass is 9.77. The van der Waals surface area contributed by atoms with Crippen molar-refractivity contribution < 1.29 is 44.6 Å². The Morgan fingerprint density at radius 2 is 0.697 bits per heavy atom. The molecule has 0 spiro atoms. The Morgan fingerprint density at radius 3 is 0.955 bits per heavy atom. The lowest BCUT2D eigenvalue weighted by Gasteiger charge is -2.23. The molecule has 0 saturated carbocycles. The topological polar surface area (TPSA) is 209 Å². The third-order valence-corrected chi connectivity index (χ3v) is 10.0. The van der Waals surface area contributed by atoms with Crippen molar-refractivity contribution in [2.45, 2.75) is 12.7 Å². The van der Waals surface area contributed by atoms with Gasteiger partial charge in [0.05, 0.1) is 68.8 Å². The number of nitrogens with zero attached hydrogens (tertiary/aromatic N) is 8. The molecule has 5 aromatic rings. The predicted octanol–water partition coefficient (Wildman–Crippen LogP) is 11.6. The summed E-state index contributed by atoms with van der Waals surface area (Å²) in [6.07, 6.45) is -10.4. The van der Waals surface area contributed by atoms with Crippen molar-refractivity contribution in [3.63, 3.8) is 0 Å². The molecule has 0 aliphatic heterocycles. The van der Waals surface area contributed by atoms with Crippen LogP contribution in [0.3, 0.4) is 0 Å². The quantitative estimate of drug-likeness (QED) is 0.116. The molecule has 0 heterocycles. The highest BCUT2D eigenvalue weighted by atomic mass is 19.4. The van der Waals surface area contributed by atoms with Crippen molar-refractivity contribution in [3.8, 4) is 82.3 Å². The highest BCUT2D eigenvalue weighted by Crippen LogP contribution is 2.61. The molecule has 0 amide bonds. The fourth-order valence-corrected chi connectivity index (χ4v) is 7.67. The minimum absolute atomic E-state index is 0.193. The minimum Gasteiger partial charge on any atom is -0.406 e. The Balaban J connectivity index is 1.80. The van der Waals surface area contributed by atoms with Crippen LogP contribution in [0.15, 0.2) is 96.6 Å². The summed E-state index contributed by atoms with van der Waals surface area (Å²) in [5.74, 6) is -4.49. The predicted molar refractivity (Wildman–Crippen MR) is 215 cm³/mol. The molecule has 2 aliphatic carbocycles. The van der Waals surface area contributed by atoms with Crippen LogP contribution < -0.4 is 9.47 Å². The van der Waals surface area contributed by atoms with E-state index >= 15 is 8.78 Å². The molecule has 0 N–H and O–H groups in total. The van der Waals surface area contributed by atoms with Gasteiger partial charge in [-0.15, -0.1) is 26.3 Å². The third kappa shape index (κ3) is 7.75. The third-order valence-electron chi connectivity index (χ3n) is 10.0. The van der Waals surface area contributed by atoms with Gasteiger partial charge in [-0.1, -0.05) is 24.3 Å². The Kier molecular flexibility index (Phi) is 11.2. The van der Waals surface area contributed by atoms with Gasteiger partial charge in [0.2, 0.25) is 0 Å². The fourth-order valence-electron chi connectivity index (χ4n) is 7.67. The number of ether oxygens (including phenoxy) is 2. The van der Waals surface area contributed by atoms with Gasteiger partial charge in [0, 0.05) is 39.0 Å². The largest absolute Gasteiger partial charge is 0.573 e. The van der Waals surface area contributed by atoms with E-state index in [2.05, 4.69) is 9.47 Å². The normalized spacial score (nSPS) is 14.2. The number of hydrogen-bond acceptors (Lipinski definition) is 10. The summed E-state index contributed by atoms with van der Waals surface area (Å²) in [5, 5.41) is 82.3. The number of benzene rings is 5. The molecule has 0 bridgehead atoms. The molecule has 0 fully saturated rings. The van der Waals surface area contributed by atoms with Gasteiger partial charge >= 0.3 is 12.7 Å². The smallest absolute Gasteiger partial charge is 0.406 e. The maximum atomic E-state index is 17.6. The van der Waals surface area contributed by atoms with Gasteiger partial charge in [0.25, 0.3) is 0 Å². The fraction of sp³-hybridized carbons (Fsp3) is 0.0417. The first kappa shape index (κ1) is 44.1. The first-order valence-electron chi connectivity index (χ1n) is 18.2. The zero-order valence-electron chi connectivity index (χ0n) is 32.5. The molecule has 0 unspecified atom stereocenters. The van der Waals surface area contributed by atoms with Gasteiger partial charge in [-0.3, -0.25) is 0 Å². The molecule has 10 nitrogen and oxygen atoms in total. The van der Waals surface area contributed by atoms with E-state index in [1.807, 2.05) is 36.4 Å². The highest BCUT2D eigenvalue weighted by molar-refractivity contribution is 6.25. The SMILES string of the molecule is N#CC1=C(F)/C(=C(/C#N)c2cc(C#N)cc(C#N)c2)c2c1c(-c1ccc(OC(F)(F)F)cc1)c1c(c2-c2ccc(OC(F)(F)F)cc2)/C(=C(\C#N)c2cc(C#N)cc(C#N)c2)C(F)=C1C#N. The van der Waals surface area contributed by atoms with E-state index in [0.29, 0.717) is 0 Å². The van der Waals surface area contributed by atoms with Crippen molar-refractivity contribution in [1.82, 2.24) is 0 Å². The van der Waals surface area contributed by atoms with Crippen molar-refractivity contribution in [3.05, 3.63) is 152 Å². The van der Waals surface area contributed by atoms with E-state index in [9.17, 15) is 68.4 Å². The molecule has 66 heavy (non-hydrogen) atoms. The molecule has 314 valence electrons. The summed E-state index contributed by atoms with van der Waals surface area (Å²) in [6.45, 7) is 0. The minimum atomic E-state index is -5.20. The number of rotatable bonds is 6. The van der Waals surface area contributed by atoms with Crippen LogP contribution in [-0.4, -0.2) is 12.7 Å². The second kappa shape index (κ2) is 16.7. The van der Waals surface area contributed by atoms with Gasteiger partial charge in [0.15, 0.2) is 11.7 Å². The summed E-state index contributed by atoms with van der Waals surface area (Å²) in [7, 11) is 0. The average molecular weight is 887 g/mol. The summed E-state index contributed by atoms with van der Waals surface area (Å²) in [4.78, 5) is 0. The van der Waals surface area contributed by atoms with Crippen LogP contribution in [0.25, 0.3) is 55.7 Å². The number of allylic oxidation sites excluding steroid dienone is 8. The number of nitriles is 8. The van der Waals surface area contributed by atoms with E-state index in [4.69, 9.17) is 0 Å². The Morgan fingerprint density at radius 1 is 0.394 bits per heavy atom. The van der Waals surface area contributed by atoms with Crippen LogP contribution in [0.2, 0.25) is 0 Å². The van der Waals surface area contributed by atoms with Crippen LogP contribution in [0.1, 0.15) is 55.6 Å². The summed E-state index contributed by atoms with van der Waals surface area (Å²) in [6, 6.07) is 28.1. The van der Waals surface area contributed by atoms with Crippen molar-refractivity contribution in [2.24, 2.45) is 0 Å². The number of halogens is 8. The Hall–Kier alpha value is -9.98. The number of fused-ring (bicyclic) bond motifs is 2. The van der Waals surface area contributed by atoms with Crippen LogP contribution >= 0.6 is 0 Å². The zero-order valence-corrected chi connectivity index (χ0v) is 32.5.